The van der Waals surface area contributed by atoms with Crippen molar-refractivity contribution in [1.29, 1.82) is 0 Å². The van der Waals surface area contributed by atoms with Gasteiger partial charge in [-0.1, -0.05) is 13.3 Å². The monoisotopic (exact) mass is 334 g/mol. The predicted octanol–water partition coefficient (Wildman–Crippen LogP) is 5.23. The summed E-state index contributed by atoms with van der Waals surface area (Å²) in [6, 6.07) is 10.0. The SMILES string of the molecule is CCCCn1nc(-c2ccc(O)cc2)c2cc(C(F)(F)F)ccc21. The second-order valence-corrected chi connectivity index (χ2v) is 5.70. The minimum absolute atomic E-state index is 0.101. The Kier molecular flexibility index (Phi) is 4.22. The van der Waals surface area contributed by atoms with Gasteiger partial charge in [0, 0.05) is 17.5 Å². The highest BCUT2D eigenvalue weighted by molar-refractivity contribution is 5.94. The average Bonchev–Trinajstić information content (AvgIpc) is 2.91. The molecule has 1 aromatic heterocycles. The number of fused-ring (bicyclic) bond motifs is 1. The van der Waals surface area contributed by atoms with E-state index in [1.54, 1.807) is 16.8 Å². The lowest BCUT2D eigenvalue weighted by Gasteiger charge is -2.07. The Morgan fingerprint density at radius 3 is 2.42 bits per heavy atom. The van der Waals surface area contributed by atoms with E-state index in [1.807, 2.05) is 6.92 Å². The Morgan fingerprint density at radius 1 is 1.08 bits per heavy atom. The molecule has 0 aliphatic carbocycles. The average molecular weight is 334 g/mol. The van der Waals surface area contributed by atoms with Gasteiger partial charge < -0.3 is 5.11 Å². The van der Waals surface area contributed by atoms with Crippen molar-refractivity contribution in [2.75, 3.05) is 0 Å². The first-order chi connectivity index (χ1) is 11.4. The van der Waals surface area contributed by atoms with Crippen LogP contribution in [-0.2, 0) is 12.7 Å². The minimum atomic E-state index is -4.40. The van der Waals surface area contributed by atoms with E-state index < -0.39 is 11.7 Å². The number of aromatic nitrogens is 2. The van der Waals surface area contributed by atoms with Gasteiger partial charge >= 0.3 is 6.18 Å². The second-order valence-electron chi connectivity index (χ2n) is 5.70. The van der Waals surface area contributed by atoms with Crippen LogP contribution >= 0.6 is 0 Å². The third-order valence-electron chi connectivity index (χ3n) is 3.94. The zero-order valence-electron chi connectivity index (χ0n) is 13.1. The van der Waals surface area contributed by atoms with Gasteiger partial charge in [0.2, 0.25) is 0 Å². The minimum Gasteiger partial charge on any atom is -0.508 e. The molecule has 0 amide bonds. The number of nitrogens with zero attached hydrogens (tertiary/aromatic N) is 2. The Bertz CT molecular complexity index is 851. The molecule has 1 N–H and O–H groups in total. The van der Waals surface area contributed by atoms with E-state index in [2.05, 4.69) is 5.10 Å². The molecule has 0 spiro atoms. The van der Waals surface area contributed by atoms with E-state index in [-0.39, 0.29) is 5.75 Å². The van der Waals surface area contributed by atoms with Crippen molar-refractivity contribution >= 4 is 10.9 Å². The lowest BCUT2D eigenvalue weighted by molar-refractivity contribution is -0.137. The number of aromatic hydroxyl groups is 1. The summed E-state index contributed by atoms with van der Waals surface area (Å²) in [5, 5.41) is 14.4. The first-order valence-electron chi connectivity index (χ1n) is 7.77. The molecule has 126 valence electrons. The number of phenolic OH excluding ortho intramolecular Hbond substituents is 1. The molecule has 1 heterocycles. The van der Waals surface area contributed by atoms with Crippen molar-refractivity contribution in [2.24, 2.45) is 0 Å². The number of rotatable bonds is 4. The summed E-state index contributed by atoms with van der Waals surface area (Å²) in [6.07, 6.45) is -2.53. The molecule has 3 rings (SSSR count). The van der Waals surface area contributed by atoms with Crippen molar-refractivity contribution in [3.8, 4) is 17.0 Å². The fourth-order valence-corrected chi connectivity index (χ4v) is 2.67. The summed E-state index contributed by atoms with van der Waals surface area (Å²) < 4.78 is 40.9. The zero-order valence-corrected chi connectivity index (χ0v) is 13.1. The van der Waals surface area contributed by atoms with E-state index in [9.17, 15) is 18.3 Å². The van der Waals surface area contributed by atoms with Crippen LogP contribution < -0.4 is 0 Å². The molecule has 0 saturated heterocycles. The van der Waals surface area contributed by atoms with Crippen molar-refractivity contribution in [3.63, 3.8) is 0 Å². The normalized spacial score (nSPS) is 12.0. The van der Waals surface area contributed by atoms with Crippen LogP contribution in [0.2, 0.25) is 0 Å². The summed E-state index contributed by atoms with van der Waals surface area (Å²) >= 11 is 0. The number of alkyl halides is 3. The smallest absolute Gasteiger partial charge is 0.416 e. The van der Waals surface area contributed by atoms with Crippen LogP contribution in [0.4, 0.5) is 13.2 Å². The Morgan fingerprint density at radius 2 is 1.79 bits per heavy atom. The molecule has 3 aromatic rings. The summed E-state index contributed by atoms with van der Waals surface area (Å²) in [6.45, 7) is 2.70. The van der Waals surface area contributed by atoms with Gasteiger partial charge in [-0.3, -0.25) is 4.68 Å². The molecular weight excluding hydrogens is 317 g/mol. The van der Waals surface area contributed by atoms with Crippen molar-refractivity contribution in [3.05, 3.63) is 48.0 Å². The second kappa shape index (κ2) is 6.19. The molecule has 0 aliphatic heterocycles. The van der Waals surface area contributed by atoms with Crippen molar-refractivity contribution in [1.82, 2.24) is 9.78 Å². The fraction of sp³-hybridized carbons (Fsp3) is 0.278. The van der Waals surface area contributed by atoms with E-state index in [4.69, 9.17) is 0 Å². The Balaban J connectivity index is 2.20. The molecule has 0 saturated carbocycles. The molecule has 0 aliphatic rings. The number of aryl methyl sites for hydroxylation is 1. The van der Waals surface area contributed by atoms with E-state index in [0.29, 0.717) is 28.7 Å². The highest BCUT2D eigenvalue weighted by Gasteiger charge is 2.31. The number of hydrogen-bond acceptors (Lipinski definition) is 2. The van der Waals surface area contributed by atoms with E-state index in [1.165, 1.54) is 18.2 Å². The van der Waals surface area contributed by atoms with Crippen molar-refractivity contribution in [2.45, 2.75) is 32.5 Å². The summed E-state index contributed by atoms with van der Waals surface area (Å²) in [7, 11) is 0. The predicted molar refractivity (Wildman–Crippen MR) is 86.7 cm³/mol. The molecule has 0 unspecified atom stereocenters. The van der Waals surface area contributed by atoms with Crippen LogP contribution in [0.3, 0.4) is 0 Å². The fourth-order valence-electron chi connectivity index (χ4n) is 2.67. The van der Waals surface area contributed by atoms with Gasteiger partial charge in [-0.15, -0.1) is 0 Å². The number of unbranched alkanes of at least 4 members (excludes halogenated alkanes) is 1. The van der Waals surface area contributed by atoms with Crippen molar-refractivity contribution < 1.29 is 18.3 Å². The molecule has 0 atom stereocenters. The van der Waals surface area contributed by atoms with Gasteiger partial charge in [-0.05, 0) is 48.9 Å². The Hall–Kier alpha value is -2.50. The number of halogens is 3. The lowest BCUT2D eigenvalue weighted by atomic mass is 10.1. The maximum Gasteiger partial charge on any atom is 0.416 e. The Labute approximate surface area is 137 Å². The number of hydrogen-bond donors (Lipinski definition) is 1. The molecule has 0 radical (unpaired) electrons. The van der Waals surface area contributed by atoms with Gasteiger partial charge in [0.25, 0.3) is 0 Å². The molecular formula is C18H17F3N2O. The quantitative estimate of drug-likeness (QED) is 0.709. The van der Waals surface area contributed by atoms with Gasteiger partial charge in [0.05, 0.1) is 11.1 Å². The number of phenols is 1. The van der Waals surface area contributed by atoms with Crippen LogP contribution in [0.5, 0.6) is 5.75 Å². The summed E-state index contributed by atoms with van der Waals surface area (Å²) in [4.78, 5) is 0. The van der Waals surface area contributed by atoms with Gasteiger partial charge in [0.15, 0.2) is 0 Å². The van der Waals surface area contributed by atoms with Crippen LogP contribution in [-0.4, -0.2) is 14.9 Å². The molecule has 24 heavy (non-hydrogen) atoms. The van der Waals surface area contributed by atoms with E-state index in [0.717, 1.165) is 25.0 Å². The maximum absolute atomic E-state index is 13.1. The molecule has 0 bridgehead atoms. The first-order valence-corrected chi connectivity index (χ1v) is 7.77. The van der Waals surface area contributed by atoms with Crippen LogP contribution in [0.1, 0.15) is 25.3 Å². The summed E-state index contributed by atoms with van der Waals surface area (Å²) in [5.41, 5.74) is 1.16. The standard InChI is InChI=1S/C18H17F3N2O/c1-2-3-10-23-16-9-6-13(18(19,20)21)11-15(16)17(22-23)12-4-7-14(24)8-5-12/h4-9,11,24H,2-3,10H2,1H3. The lowest BCUT2D eigenvalue weighted by Crippen LogP contribution is -2.04. The van der Waals surface area contributed by atoms with Gasteiger partial charge in [0.1, 0.15) is 11.4 Å². The third-order valence-corrected chi connectivity index (χ3v) is 3.94. The largest absolute Gasteiger partial charge is 0.508 e. The zero-order chi connectivity index (χ0) is 17.3. The highest BCUT2D eigenvalue weighted by atomic mass is 19.4. The van der Waals surface area contributed by atoms with Gasteiger partial charge in [-0.2, -0.15) is 18.3 Å². The van der Waals surface area contributed by atoms with Crippen LogP contribution in [0.25, 0.3) is 22.2 Å². The maximum atomic E-state index is 13.1. The molecule has 3 nitrogen and oxygen atoms in total. The third kappa shape index (κ3) is 3.09. The van der Waals surface area contributed by atoms with Crippen LogP contribution in [0.15, 0.2) is 42.5 Å². The molecule has 0 fully saturated rings. The molecule has 2 aromatic carbocycles. The number of benzene rings is 2. The summed E-state index contributed by atoms with van der Waals surface area (Å²) in [5.74, 6) is 0.101. The van der Waals surface area contributed by atoms with Gasteiger partial charge in [-0.25, -0.2) is 0 Å². The highest BCUT2D eigenvalue weighted by Crippen LogP contribution is 2.35. The molecule has 6 heteroatoms. The van der Waals surface area contributed by atoms with Crippen LogP contribution in [0, 0.1) is 0 Å². The van der Waals surface area contributed by atoms with E-state index >= 15 is 0 Å². The topological polar surface area (TPSA) is 38.0 Å². The first kappa shape index (κ1) is 16.4.